The molecule has 0 bridgehead atoms. The largest absolute Gasteiger partial charge is 0.480 e. The molecular formula is C23H37N7O5S. The van der Waals surface area contributed by atoms with E-state index in [2.05, 4.69) is 20.9 Å². The molecule has 10 N–H and O–H groups in total. The molecule has 0 aliphatic carbocycles. The van der Waals surface area contributed by atoms with Crippen LogP contribution in [-0.4, -0.2) is 77.5 Å². The fourth-order valence-electron chi connectivity index (χ4n) is 3.16. The number of guanidine groups is 1. The molecule has 13 heteroatoms. The lowest BCUT2D eigenvalue weighted by atomic mass is 10.1. The van der Waals surface area contributed by atoms with Crippen molar-refractivity contribution in [1.82, 2.24) is 16.0 Å². The third-order valence-corrected chi connectivity index (χ3v) is 5.84. The number of carboxylic acids is 1. The molecule has 200 valence electrons. The van der Waals surface area contributed by atoms with Gasteiger partial charge in [-0.3, -0.25) is 19.4 Å². The van der Waals surface area contributed by atoms with Gasteiger partial charge in [-0.15, -0.1) is 0 Å². The van der Waals surface area contributed by atoms with Gasteiger partial charge in [0.15, 0.2) is 5.96 Å². The standard InChI is InChI=1S/C23H37N7O5S/c1-14(28-20(32)16(24)9-6-11-27-23(25)26)19(31)29-17(10-12-36-2)21(33)30-18(22(34)35)13-15-7-4-3-5-8-15/h3-5,7-8,14,16-18H,6,9-13,24H2,1-2H3,(H,28,32)(H,29,31)(H,30,33)(H,34,35)(H4,25,26,27). The average Bonchev–Trinajstić information content (AvgIpc) is 2.83. The molecule has 0 fully saturated rings. The minimum Gasteiger partial charge on any atom is -0.480 e. The van der Waals surface area contributed by atoms with Gasteiger partial charge in [-0.1, -0.05) is 30.3 Å². The number of amides is 3. The summed E-state index contributed by atoms with van der Waals surface area (Å²) in [4.78, 5) is 53.5. The number of aliphatic imine (C=N–C) groups is 1. The summed E-state index contributed by atoms with van der Waals surface area (Å²) in [6.45, 7) is 1.80. The Hall–Kier alpha value is -3.32. The summed E-state index contributed by atoms with van der Waals surface area (Å²) in [5, 5.41) is 17.2. The van der Waals surface area contributed by atoms with E-state index in [-0.39, 0.29) is 18.8 Å². The SMILES string of the molecule is CSCCC(NC(=O)C(C)NC(=O)C(N)CCCN=C(N)N)C(=O)NC(Cc1ccccc1)C(=O)O. The minimum atomic E-state index is -1.18. The van der Waals surface area contributed by atoms with Crippen molar-refractivity contribution >= 4 is 41.4 Å². The maximum Gasteiger partial charge on any atom is 0.326 e. The third-order valence-electron chi connectivity index (χ3n) is 5.20. The highest BCUT2D eigenvalue weighted by Crippen LogP contribution is 2.06. The maximum absolute atomic E-state index is 12.9. The van der Waals surface area contributed by atoms with Gasteiger partial charge >= 0.3 is 5.97 Å². The van der Waals surface area contributed by atoms with Gasteiger partial charge in [-0.05, 0) is 43.8 Å². The number of benzene rings is 1. The molecular weight excluding hydrogens is 486 g/mol. The van der Waals surface area contributed by atoms with Crippen molar-refractivity contribution in [3.05, 3.63) is 35.9 Å². The van der Waals surface area contributed by atoms with Crippen LogP contribution in [0.2, 0.25) is 0 Å². The Labute approximate surface area is 215 Å². The lowest BCUT2D eigenvalue weighted by molar-refractivity contribution is -0.142. The number of nitrogens with zero attached hydrogens (tertiary/aromatic N) is 1. The van der Waals surface area contributed by atoms with E-state index in [0.717, 1.165) is 5.56 Å². The normalized spacial score (nSPS) is 14.0. The van der Waals surface area contributed by atoms with Gasteiger partial charge in [0.1, 0.15) is 18.1 Å². The summed E-state index contributed by atoms with van der Waals surface area (Å²) in [5.74, 6) is -2.41. The van der Waals surface area contributed by atoms with Crippen LogP contribution in [0.5, 0.6) is 0 Å². The van der Waals surface area contributed by atoms with Gasteiger partial charge in [0.2, 0.25) is 17.7 Å². The first kappa shape index (κ1) is 30.7. The summed E-state index contributed by atoms with van der Waals surface area (Å²) >= 11 is 1.48. The first-order valence-corrected chi connectivity index (χ1v) is 12.9. The van der Waals surface area contributed by atoms with E-state index in [1.54, 1.807) is 24.3 Å². The molecule has 1 aromatic carbocycles. The third kappa shape index (κ3) is 11.9. The number of thioether (sulfide) groups is 1. The van der Waals surface area contributed by atoms with Crippen molar-refractivity contribution in [1.29, 1.82) is 0 Å². The first-order valence-electron chi connectivity index (χ1n) is 11.5. The molecule has 4 atom stereocenters. The molecule has 0 aliphatic heterocycles. The number of rotatable bonds is 16. The molecule has 4 unspecified atom stereocenters. The van der Waals surface area contributed by atoms with Crippen molar-refractivity contribution in [3.8, 4) is 0 Å². The summed E-state index contributed by atoms with van der Waals surface area (Å²) in [7, 11) is 0. The van der Waals surface area contributed by atoms with Crippen molar-refractivity contribution in [2.24, 2.45) is 22.2 Å². The molecule has 0 spiro atoms. The molecule has 0 saturated carbocycles. The summed E-state index contributed by atoms with van der Waals surface area (Å²) in [6.07, 6.45) is 3.02. The highest BCUT2D eigenvalue weighted by Gasteiger charge is 2.28. The molecule has 0 radical (unpaired) electrons. The number of carbonyl (C=O) groups excluding carboxylic acids is 3. The van der Waals surface area contributed by atoms with Crippen LogP contribution in [0.3, 0.4) is 0 Å². The molecule has 12 nitrogen and oxygen atoms in total. The van der Waals surface area contributed by atoms with Gasteiger partial charge in [0.05, 0.1) is 6.04 Å². The zero-order valence-corrected chi connectivity index (χ0v) is 21.4. The number of hydrogen-bond acceptors (Lipinski definition) is 7. The minimum absolute atomic E-state index is 0.0480. The lowest BCUT2D eigenvalue weighted by Gasteiger charge is -2.23. The predicted molar refractivity (Wildman–Crippen MR) is 140 cm³/mol. The number of hydrogen-bond donors (Lipinski definition) is 7. The van der Waals surface area contributed by atoms with E-state index >= 15 is 0 Å². The van der Waals surface area contributed by atoms with Crippen LogP contribution in [0.25, 0.3) is 0 Å². The quantitative estimate of drug-likeness (QED) is 0.0795. The predicted octanol–water partition coefficient (Wildman–Crippen LogP) is -1.08. The monoisotopic (exact) mass is 523 g/mol. The highest BCUT2D eigenvalue weighted by molar-refractivity contribution is 7.98. The lowest BCUT2D eigenvalue weighted by Crippen LogP contribution is -2.56. The second-order valence-corrected chi connectivity index (χ2v) is 9.20. The van der Waals surface area contributed by atoms with Crippen molar-refractivity contribution in [2.45, 2.75) is 56.8 Å². The Balaban J connectivity index is 2.72. The smallest absolute Gasteiger partial charge is 0.326 e. The Kier molecular flexibility index (Phi) is 14.0. The Bertz CT molecular complexity index is 896. The van der Waals surface area contributed by atoms with E-state index in [4.69, 9.17) is 17.2 Å². The van der Waals surface area contributed by atoms with Gasteiger partial charge in [-0.25, -0.2) is 4.79 Å². The van der Waals surface area contributed by atoms with Crippen LogP contribution in [0.15, 0.2) is 35.3 Å². The molecule has 0 aliphatic rings. The molecule has 36 heavy (non-hydrogen) atoms. The second-order valence-electron chi connectivity index (χ2n) is 8.22. The van der Waals surface area contributed by atoms with E-state index < -0.39 is 47.9 Å². The van der Waals surface area contributed by atoms with Crippen molar-refractivity contribution < 1.29 is 24.3 Å². The number of nitrogens with two attached hydrogens (primary N) is 3. The summed E-state index contributed by atoms with van der Waals surface area (Å²) in [5.41, 5.74) is 17.1. The zero-order chi connectivity index (χ0) is 27.1. The van der Waals surface area contributed by atoms with E-state index in [9.17, 15) is 24.3 Å². The maximum atomic E-state index is 12.9. The molecule has 3 amide bonds. The topological polar surface area (TPSA) is 215 Å². The van der Waals surface area contributed by atoms with Crippen LogP contribution in [0.4, 0.5) is 0 Å². The molecule has 1 aromatic rings. The van der Waals surface area contributed by atoms with E-state index in [1.165, 1.54) is 18.7 Å². The van der Waals surface area contributed by atoms with Crippen molar-refractivity contribution in [3.63, 3.8) is 0 Å². The fourth-order valence-corrected chi connectivity index (χ4v) is 3.63. The van der Waals surface area contributed by atoms with E-state index in [1.807, 2.05) is 12.3 Å². The first-order chi connectivity index (χ1) is 17.0. The van der Waals surface area contributed by atoms with Crippen LogP contribution in [0, 0.1) is 0 Å². The van der Waals surface area contributed by atoms with Gasteiger partial charge in [0, 0.05) is 13.0 Å². The summed E-state index contributed by atoms with van der Waals surface area (Å²) < 4.78 is 0. The molecule has 0 aromatic heterocycles. The summed E-state index contributed by atoms with van der Waals surface area (Å²) in [6, 6.07) is 4.94. The fraction of sp³-hybridized carbons (Fsp3) is 0.522. The van der Waals surface area contributed by atoms with Crippen LogP contribution in [-0.2, 0) is 25.6 Å². The number of carboxylic acid groups (broad SMARTS) is 1. The van der Waals surface area contributed by atoms with E-state index in [0.29, 0.717) is 25.1 Å². The van der Waals surface area contributed by atoms with Gasteiger partial charge in [-0.2, -0.15) is 11.8 Å². The molecule has 0 heterocycles. The Morgan fingerprint density at radius 1 is 0.972 bits per heavy atom. The van der Waals surface area contributed by atoms with Gasteiger partial charge < -0.3 is 38.3 Å². The average molecular weight is 524 g/mol. The number of nitrogens with one attached hydrogen (secondary N) is 3. The Morgan fingerprint density at radius 3 is 2.19 bits per heavy atom. The zero-order valence-electron chi connectivity index (χ0n) is 20.6. The van der Waals surface area contributed by atoms with Crippen LogP contribution in [0.1, 0.15) is 31.7 Å². The van der Waals surface area contributed by atoms with Gasteiger partial charge in [0.25, 0.3) is 0 Å². The number of carbonyl (C=O) groups is 4. The van der Waals surface area contributed by atoms with Crippen LogP contribution >= 0.6 is 11.8 Å². The van der Waals surface area contributed by atoms with Crippen molar-refractivity contribution in [2.75, 3.05) is 18.6 Å². The van der Waals surface area contributed by atoms with Crippen LogP contribution < -0.4 is 33.2 Å². The Morgan fingerprint density at radius 2 is 1.61 bits per heavy atom. The number of aliphatic carboxylic acids is 1. The molecule has 1 rings (SSSR count). The second kappa shape index (κ2) is 16.4. The highest BCUT2D eigenvalue weighted by atomic mass is 32.2. The molecule has 0 saturated heterocycles.